The molecule has 0 spiro atoms. The van der Waals surface area contributed by atoms with Crippen molar-refractivity contribution in [2.45, 2.75) is 51.7 Å². The van der Waals surface area contributed by atoms with E-state index in [9.17, 15) is 0 Å². The van der Waals surface area contributed by atoms with Crippen LogP contribution in [0.3, 0.4) is 0 Å². The number of hydrogen-bond donors (Lipinski definition) is 1. The lowest BCUT2D eigenvalue weighted by Gasteiger charge is -2.13. The van der Waals surface area contributed by atoms with E-state index >= 15 is 0 Å². The molecule has 0 bridgehead atoms. The quantitative estimate of drug-likeness (QED) is 0.845. The Kier molecular flexibility index (Phi) is 4.57. The molecule has 0 saturated heterocycles. The zero-order valence-electron chi connectivity index (χ0n) is 12.8. The van der Waals surface area contributed by atoms with Crippen molar-refractivity contribution in [1.29, 1.82) is 0 Å². The second kappa shape index (κ2) is 6.42. The van der Waals surface area contributed by atoms with Crippen LogP contribution in [0, 0.1) is 0 Å². The number of hydrogen-bond acceptors (Lipinski definition) is 6. The lowest BCUT2D eigenvalue weighted by atomic mass is 10.2. The summed E-state index contributed by atoms with van der Waals surface area (Å²) in [5, 5.41) is 6.74. The highest BCUT2D eigenvalue weighted by atomic mass is 32.1. The molecule has 6 heteroatoms. The smallest absolute Gasteiger partial charge is 0.185 e. The van der Waals surface area contributed by atoms with Gasteiger partial charge in [0.1, 0.15) is 0 Å². The summed E-state index contributed by atoms with van der Waals surface area (Å²) in [7, 11) is 2.11. The number of rotatable bonds is 7. The maximum absolute atomic E-state index is 4.91. The van der Waals surface area contributed by atoms with Gasteiger partial charge in [0.2, 0.25) is 0 Å². The van der Waals surface area contributed by atoms with Crippen LogP contribution in [-0.4, -0.2) is 23.1 Å². The fraction of sp³-hybridized carbons (Fsp3) is 0.600. The zero-order chi connectivity index (χ0) is 14.8. The second-order valence-corrected chi connectivity index (χ2v) is 7.73. The maximum Gasteiger partial charge on any atom is 0.185 e. The van der Waals surface area contributed by atoms with E-state index in [1.54, 1.807) is 11.3 Å². The van der Waals surface area contributed by atoms with Gasteiger partial charge in [-0.3, -0.25) is 0 Å². The summed E-state index contributed by atoms with van der Waals surface area (Å²) in [5.74, 6) is 0.701. The van der Waals surface area contributed by atoms with Crippen molar-refractivity contribution < 1.29 is 0 Å². The van der Waals surface area contributed by atoms with Gasteiger partial charge < -0.3 is 10.2 Å². The van der Waals surface area contributed by atoms with Gasteiger partial charge in [0.25, 0.3) is 0 Å². The highest BCUT2D eigenvalue weighted by Gasteiger charge is 2.30. The molecule has 4 nitrogen and oxygen atoms in total. The average Bonchev–Trinajstić information content (AvgIpc) is 2.99. The van der Waals surface area contributed by atoms with Crippen molar-refractivity contribution in [2.24, 2.45) is 0 Å². The minimum absolute atomic E-state index is 0.510. The maximum atomic E-state index is 4.91. The molecule has 1 N–H and O–H groups in total. The first kappa shape index (κ1) is 14.9. The summed E-state index contributed by atoms with van der Waals surface area (Å²) in [6.07, 6.45) is 2.60. The Morgan fingerprint density at radius 1 is 1.43 bits per heavy atom. The molecule has 114 valence electrons. The molecule has 0 unspecified atom stereocenters. The molecule has 1 saturated carbocycles. The average molecular weight is 323 g/mol. The van der Waals surface area contributed by atoms with E-state index in [0.29, 0.717) is 12.0 Å². The van der Waals surface area contributed by atoms with E-state index in [2.05, 4.69) is 41.5 Å². The van der Waals surface area contributed by atoms with Crippen LogP contribution in [0.25, 0.3) is 0 Å². The third-order valence-electron chi connectivity index (χ3n) is 3.56. The van der Waals surface area contributed by atoms with Gasteiger partial charge in [0.15, 0.2) is 5.13 Å². The van der Waals surface area contributed by atoms with Crippen molar-refractivity contribution in [3.63, 3.8) is 0 Å². The van der Waals surface area contributed by atoms with Crippen LogP contribution in [0.1, 0.15) is 48.9 Å². The van der Waals surface area contributed by atoms with Gasteiger partial charge in [0.05, 0.1) is 23.4 Å². The van der Waals surface area contributed by atoms with Crippen LogP contribution >= 0.6 is 22.7 Å². The summed E-state index contributed by atoms with van der Waals surface area (Å²) in [6, 6.07) is 0.510. The Hall–Kier alpha value is -0.980. The van der Waals surface area contributed by atoms with Crippen molar-refractivity contribution >= 4 is 27.8 Å². The molecule has 0 aliphatic heterocycles. The van der Waals surface area contributed by atoms with E-state index in [4.69, 9.17) is 4.98 Å². The summed E-state index contributed by atoms with van der Waals surface area (Å²) >= 11 is 3.47. The predicted octanol–water partition coefficient (Wildman–Crippen LogP) is 3.61. The van der Waals surface area contributed by atoms with Crippen molar-refractivity contribution in [3.8, 4) is 0 Å². The summed E-state index contributed by atoms with van der Waals surface area (Å²) in [6.45, 7) is 6.14. The van der Waals surface area contributed by atoms with Crippen LogP contribution in [0.4, 0.5) is 5.13 Å². The lowest BCUT2D eigenvalue weighted by molar-refractivity contribution is 0.590. The minimum atomic E-state index is 0.510. The molecule has 3 rings (SSSR count). The third kappa shape index (κ3) is 3.81. The Labute approximate surface area is 134 Å². The topological polar surface area (TPSA) is 41.0 Å². The van der Waals surface area contributed by atoms with Crippen LogP contribution in [0.2, 0.25) is 0 Å². The summed E-state index contributed by atoms with van der Waals surface area (Å²) in [5.41, 5.74) is 4.33. The minimum Gasteiger partial charge on any atom is -0.345 e. The molecule has 1 fully saturated rings. The van der Waals surface area contributed by atoms with Crippen molar-refractivity contribution in [3.05, 3.63) is 27.2 Å². The molecule has 2 heterocycles. The standard InChI is InChI=1S/C15H22N4S2/c1-10(2)16-6-13-14(11-4-5-11)18-15(21-13)19(3)7-12-8-20-9-17-12/h8-11,16H,4-7H2,1-3H3. The van der Waals surface area contributed by atoms with Gasteiger partial charge in [-0.1, -0.05) is 13.8 Å². The third-order valence-corrected chi connectivity index (χ3v) is 5.38. The number of nitrogens with zero attached hydrogens (tertiary/aromatic N) is 3. The second-order valence-electron chi connectivity index (χ2n) is 5.95. The molecule has 1 aliphatic carbocycles. The molecule has 2 aromatic rings. The molecule has 1 aliphatic rings. The van der Waals surface area contributed by atoms with E-state index in [-0.39, 0.29) is 0 Å². The van der Waals surface area contributed by atoms with Crippen LogP contribution in [0.5, 0.6) is 0 Å². The molecule has 2 aromatic heterocycles. The van der Waals surface area contributed by atoms with E-state index in [1.165, 1.54) is 23.4 Å². The molecule has 0 aromatic carbocycles. The van der Waals surface area contributed by atoms with Gasteiger partial charge in [-0.15, -0.1) is 22.7 Å². The monoisotopic (exact) mass is 322 g/mol. The first-order valence-corrected chi connectivity index (χ1v) is 9.20. The molecule has 0 radical (unpaired) electrons. The Bertz CT molecular complexity index is 573. The van der Waals surface area contributed by atoms with Gasteiger partial charge in [0, 0.05) is 35.8 Å². The zero-order valence-corrected chi connectivity index (χ0v) is 14.4. The predicted molar refractivity (Wildman–Crippen MR) is 90.3 cm³/mol. The lowest BCUT2D eigenvalue weighted by Crippen LogP contribution is -2.21. The van der Waals surface area contributed by atoms with Crippen LogP contribution in [0.15, 0.2) is 10.9 Å². The first-order chi connectivity index (χ1) is 10.1. The molecule has 21 heavy (non-hydrogen) atoms. The summed E-state index contributed by atoms with van der Waals surface area (Å²) < 4.78 is 0. The van der Waals surface area contributed by atoms with Crippen molar-refractivity contribution in [1.82, 2.24) is 15.3 Å². The van der Waals surface area contributed by atoms with Gasteiger partial charge >= 0.3 is 0 Å². The Morgan fingerprint density at radius 2 is 2.24 bits per heavy atom. The van der Waals surface area contributed by atoms with E-state index < -0.39 is 0 Å². The molecular weight excluding hydrogens is 300 g/mol. The van der Waals surface area contributed by atoms with E-state index in [0.717, 1.165) is 23.9 Å². The highest BCUT2D eigenvalue weighted by molar-refractivity contribution is 7.15. The van der Waals surface area contributed by atoms with Gasteiger partial charge in [-0.2, -0.15) is 0 Å². The number of anilines is 1. The first-order valence-electron chi connectivity index (χ1n) is 7.44. The van der Waals surface area contributed by atoms with Crippen LogP contribution < -0.4 is 10.2 Å². The molecular formula is C15H22N4S2. The highest BCUT2D eigenvalue weighted by Crippen LogP contribution is 2.44. The van der Waals surface area contributed by atoms with Crippen molar-refractivity contribution in [2.75, 3.05) is 11.9 Å². The Morgan fingerprint density at radius 3 is 2.86 bits per heavy atom. The summed E-state index contributed by atoms with van der Waals surface area (Å²) in [4.78, 5) is 12.9. The molecule has 0 atom stereocenters. The number of thiazole rings is 2. The SMILES string of the molecule is CC(C)NCc1sc(N(C)Cc2cscn2)nc1C1CC1. The van der Waals surface area contributed by atoms with E-state index in [1.807, 2.05) is 16.8 Å². The van der Waals surface area contributed by atoms with Crippen LogP contribution in [-0.2, 0) is 13.1 Å². The van der Waals surface area contributed by atoms with Gasteiger partial charge in [-0.25, -0.2) is 9.97 Å². The largest absolute Gasteiger partial charge is 0.345 e. The number of nitrogens with one attached hydrogen (secondary N) is 1. The number of aromatic nitrogens is 2. The fourth-order valence-electron chi connectivity index (χ4n) is 2.24. The normalized spacial score (nSPS) is 14.9. The fourth-order valence-corrected chi connectivity index (χ4v) is 3.85. The molecule has 0 amide bonds. The Balaban J connectivity index is 1.74. The van der Waals surface area contributed by atoms with Gasteiger partial charge in [-0.05, 0) is 12.8 Å².